The summed E-state index contributed by atoms with van der Waals surface area (Å²) in [7, 11) is 4.25. The number of hydrogen-bond acceptors (Lipinski definition) is 5. The van der Waals surface area contributed by atoms with Crippen LogP contribution in [0, 0.1) is 0 Å². The molecule has 2 N–H and O–H groups in total. The highest BCUT2D eigenvalue weighted by atomic mass is 16.2. The molecule has 0 bridgehead atoms. The lowest BCUT2D eigenvalue weighted by Gasteiger charge is -2.30. The number of carbonyl (C=O) groups is 2. The summed E-state index contributed by atoms with van der Waals surface area (Å²) in [6.07, 6.45) is 6.12. The third-order valence-electron chi connectivity index (χ3n) is 8.49. The van der Waals surface area contributed by atoms with Gasteiger partial charge >= 0.3 is 0 Å². The first-order chi connectivity index (χ1) is 19.5. The van der Waals surface area contributed by atoms with E-state index in [1.807, 2.05) is 12.1 Å². The lowest BCUT2D eigenvalue weighted by atomic mass is 10.1. The molecule has 2 aliphatic carbocycles. The minimum absolute atomic E-state index is 0.0555. The maximum atomic E-state index is 13.2. The molecule has 2 aliphatic rings. The van der Waals surface area contributed by atoms with Crippen molar-refractivity contribution in [3.05, 3.63) is 101 Å². The van der Waals surface area contributed by atoms with Crippen molar-refractivity contribution in [1.29, 1.82) is 0 Å². The maximum Gasteiger partial charge on any atom is 0.270 e. The van der Waals surface area contributed by atoms with Crippen LogP contribution >= 0.6 is 0 Å². The van der Waals surface area contributed by atoms with E-state index in [1.54, 1.807) is 18.2 Å². The highest BCUT2D eigenvalue weighted by Gasteiger charge is 2.33. The van der Waals surface area contributed by atoms with Crippen molar-refractivity contribution >= 4 is 11.8 Å². The van der Waals surface area contributed by atoms with E-state index in [0.717, 1.165) is 51.6 Å². The average molecular weight is 540 g/mol. The Morgan fingerprint density at radius 3 is 1.50 bits per heavy atom. The summed E-state index contributed by atoms with van der Waals surface area (Å²) < 4.78 is 0. The van der Waals surface area contributed by atoms with E-state index in [4.69, 9.17) is 0 Å². The van der Waals surface area contributed by atoms with E-state index in [-0.39, 0.29) is 47.4 Å². The normalized spacial score (nSPS) is 22.5. The zero-order chi connectivity index (χ0) is 27.9. The van der Waals surface area contributed by atoms with Crippen molar-refractivity contribution in [3.63, 3.8) is 0 Å². The van der Waals surface area contributed by atoms with Gasteiger partial charge in [-0.1, -0.05) is 66.7 Å². The average Bonchev–Trinajstić information content (AvgIpc) is 3.64. The Balaban J connectivity index is 1.18. The molecule has 210 valence electrons. The van der Waals surface area contributed by atoms with Gasteiger partial charge in [-0.3, -0.25) is 19.4 Å². The SMILES string of the molecule is CN(Cc1ccccc1)[C@H]1CCC[C@@H]1NC(=O)c1cccc(C(=O)N[C@H]2CCC[C@@H]2N(C)Cc2ccccc2)n1. The van der Waals surface area contributed by atoms with Crippen LogP contribution < -0.4 is 10.6 Å². The molecule has 1 heterocycles. The molecule has 2 fully saturated rings. The molecular formula is C33H41N5O2. The number of carbonyl (C=O) groups excluding carboxylic acids is 2. The summed E-state index contributed by atoms with van der Waals surface area (Å²) in [5, 5.41) is 6.43. The van der Waals surface area contributed by atoms with E-state index in [0.29, 0.717) is 0 Å². The van der Waals surface area contributed by atoms with Gasteiger partial charge < -0.3 is 10.6 Å². The second-order valence-electron chi connectivity index (χ2n) is 11.4. The van der Waals surface area contributed by atoms with Crippen LogP contribution in [0.25, 0.3) is 0 Å². The Bertz CT molecular complexity index is 1170. The second kappa shape index (κ2) is 13.2. The fourth-order valence-corrected chi connectivity index (χ4v) is 6.42. The maximum absolute atomic E-state index is 13.2. The first-order valence-electron chi connectivity index (χ1n) is 14.5. The zero-order valence-electron chi connectivity index (χ0n) is 23.6. The third kappa shape index (κ3) is 6.95. The van der Waals surface area contributed by atoms with Crippen molar-refractivity contribution in [2.24, 2.45) is 0 Å². The van der Waals surface area contributed by atoms with Gasteiger partial charge in [0.2, 0.25) is 0 Å². The fraction of sp³-hybridized carbons (Fsp3) is 0.424. The molecule has 2 aromatic carbocycles. The van der Waals surface area contributed by atoms with Crippen LogP contribution in [0.5, 0.6) is 0 Å². The molecule has 0 spiro atoms. The standard InChI is InChI=1S/C33H41N5O2/c1-37(22-24-12-5-3-6-13-24)30-20-10-16-26(30)35-32(39)28-18-9-19-29(34-28)33(40)36-27-17-11-21-31(27)38(2)23-25-14-7-4-8-15-25/h3-9,12-15,18-19,26-27,30-31H,10-11,16-17,20-23H2,1-2H3,(H,35,39)(H,36,40)/t26-,27-,30-,31-/m0/s1. The Kier molecular flexibility index (Phi) is 9.24. The van der Waals surface area contributed by atoms with Crippen molar-refractivity contribution in [3.8, 4) is 0 Å². The highest BCUT2D eigenvalue weighted by Crippen LogP contribution is 2.26. The zero-order valence-corrected chi connectivity index (χ0v) is 23.6. The number of amides is 2. The van der Waals surface area contributed by atoms with E-state index < -0.39 is 0 Å². The lowest BCUT2D eigenvalue weighted by molar-refractivity contribution is 0.0901. The van der Waals surface area contributed by atoms with Gasteiger partial charge in [-0.05, 0) is 75.9 Å². The predicted octanol–water partition coefficient (Wildman–Crippen LogP) is 4.65. The molecule has 0 unspecified atom stereocenters. The lowest BCUT2D eigenvalue weighted by Crippen LogP contribution is -2.48. The van der Waals surface area contributed by atoms with Crippen molar-refractivity contribution in [2.45, 2.75) is 75.8 Å². The van der Waals surface area contributed by atoms with Gasteiger partial charge in [0.15, 0.2) is 0 Å². The smallest absolute Gasteiger partial charge is 0.270 e. The van der Waals surface area contributed by atoms with Gasteiger partial charge in [0.05, 0.1) is 0 Å². The molecule has 40 heavy (non-hydrogen) atoms. The van der Waals surface area contributed by atoms with Crippen LogP contribution in [0.2, 0.25) is 0 Å². The minimum atomic E-state index is -0.221. The number of nitrogens with zero attached hydrogens (tertiary/aromatic N) is 3. The molecule has 0 saturated heterocycles. The van der Waals surface area contributed by atoms with Crippen LogP contribution in [0.1, 0.15) is 70.6 Å². The number of hydrogen-bond donors (Lipinski definition) is 2. The first kappa shape index (κ1) is 28.0. The molecule has 2 amide bonds. The largest absolute Gasteiger partial charge is 0.346 e. The van der Waals surface area contributed by atoms with Gasteiger partial charge in [-0.2, -0.15) is 0 Å². The second-order valence-corrected chi connectivity index (χ2v) is 11.4. The summed E-state index contributed by atoms with van der Waals surface area (Å²) in [4.78, 5) is 35.6. The van der Waals surface area contributed by atoms with Crippen molar-refractivity contribution in [2.75, 3.05) is 14.1 Å². The molecule has 0 aliphatic heterocycles. The third-order valence-corrected chi connectivity index (χ3v) is 8.49. The van der Waals surface area contributed by atoms with E-state index in [1.165, 1.54) is 11.1 Å². The molecule has 7 nitrogen and oxygen atoms in total. The minimum Gasteiger partial charge on any atom is -0.346 e. The van der Waals surface area contributed by atoms with E-state index in [2.05, 4.69) is 88.0 Å². The fourth-order valence-electron chi connectivity index (χ4n) is 6.42. The number of pyridine rings is 1. The van der Waals surface area contributed by atoms with E-state index >= 15 is 0 Å². The summed E-state index contributed by atoms with van der Waals surface area (Å²) >= 11 is 0. The Hall–Kier alpha value is -3.55. The van der Waals surface area contributed by atoms with Crippen LogP contribution in [0.4, 0.5) is 0 Å². The van der Waals surface area contributed by atoms with Crippen LogP contribution in [0.15, 0.2) is 78.9 Å². The van der Waals surface area contributed by atoms with Crippen LogP contribution in [-0.2, 0) is 13.1 Å². The molecule has 2 saturated carbocycles. The topological polar surface area (TPSA) is 77.6 Å². The molecule has 3 aromatic rings. The summed E-state index contributed by atoms with van der Waals surface area (Å²) in [5.41, 5.74) is 3.09. The Labute approximate surface area is 238 Å². The van der Waals surface area contributed by atoms with Gasteiger partial charge in [-0.25, -0.2) is 4.98 Å². The van der Waals surface area contributed by atoms with Gasteiger partial charge in [0.25, 0.3) is 11.8 Å². The molecule has 0 radical (unpaired) electrons. The summed E-state index contributed by atoms with van der Waals surface area (Å²) in [6.45, 7) is 1.68. The Morgan fingerprint density at radius 2 is 1.07 bits per heavy atom. The summed E-state index contributed by atoms with van der Waals surface area (Å²) in [5.74, 6) is -0.443. The molecule has 5 rings (SSSR count). The number of nitrogens with one attached hydrogen (secondary N) is 2. The van der Waals surface area contributed by atoms with Crippen LogP contribution in [-0.4, -0.2) is 64.9 Å². The molecule has 7 heteroatoms. The number of likely N-dealkylation sites (N-methyl/N-ethyl adjacent to an activating group) is 2. The number of benzene rings is 2. The van der Waals surface area contributed by atoms with Gasteiger partial charge in [0, 0.05) is 37.3 Å². The van der Waals surface area contributed by atoms with Gasteiger partial charge in [-0.15, -0.1) is 0 Å². The molecule has 1 aromatic heterocycles. The van der Waals surface area contributed by atoms with E-state index in [9.17, 15) is 9.59 Å². The van der Waals surface area contributed by atoms with Crippen molar-refractivity contribution < 1.29 is 9.59 Å². The molecule has 4 atom stereocenters. The molecular weight excluding hydrogens is 498 g/mol. The van der Waals surface area contributed by atoms with Gasteiger partial charge in [0.1, 0.15) is 11.4 Å². The Morgan fingerprint density at radius 1 is 0.650 bits per heavy atom. The monoisotopic (exact) mass is 539 g/mol. The number of rotatable bonds is 10. The quantitative estimate of drug-likeness (QED) is 0.392. The van der Waals surface area contributed by atoms with Crippen molar-refractivity contribution in [1.82, 2.24) is 25.4 Å². The highest BCUT2D eigenvalue weighted by molar-refractivity contribution is 5.96. The summed E-state index contributed by atoms with van der Waals surface area (Å²) in [6, 6.07) is 26.6. The first-order valence-corrected chi connectivity index (χ1v) is 14.5. The number of aromatic nitrogens is 1. The van der Waals surface area contributed by atoms with Crippen LogP contribution in [0.3, 0.4) is 0 Å². The predicted molar refractivity (Wildman–Crippen MR) is 158 cm³/mol.